The fourth-order valence-corrected chi connectivity index (χ4v) is 3.19. The molecule has 4 heteroatoms. The molecule has 0 radical (unpaired) electrons. The van der Waals surface area contributed by atoms with Crippen molar-refractivity contribution in [1.82, 2.24) is 0 Å². The zero-order valence-corrected chi connectivity index (χ0v) is 8.94. The lowest BCUT2D eigenvalue weighted by Crippen LogP contribution is -2.02. The molecule has 0 saturated carbocycles. The summed E-state index contributed by atoms with van der Waals surface area (Å²) in [4.78, 5) is 0.631. The number of rotatable bonds is 2. The molecule has 0 saturated heterocycles. The Labute approximate surface area is 89.0 Å². The minimum atomic E-state index is -3.37. The summed E-state index contributed by atoms with van der Waals surface area (Å²) >= 11 is 0. The predicted molar refractivity (Wildman–Crippen MR) is 57.0 cm³/mol. The van der Waals surface area contributed by atoms with Gasteiger partial charge in [0.2, 0.25) is 9.84 Å². The van der Waals surface area contributed by atoms with E-state index in [1.807, 2.05) is 0 Å². The minimum absolute atomic E-state index is 0.297. The molecule has 0 fully saturated rings. The molecule has 1 N–H and O–H groups in total. The number of aliphatic hydroxyl groups is 1. The first-order valence-electron chi connectivity index (χ1n) is 4.79. The van der Waals surface area contributed by atoms with Gasteiger partial charge in [-0.1, -0.05) is 18.2 Å². The second-order valence-corrected chi connectivity index (χ2v) is 5.56. The molecule has 0 amide bonds. The van der Waals surface area contributed by atoms with Gasteiger partial charge in [0, 0.05) is 4.91 Å². The van der Waals surface area contributed by atoms with E-state index in [4.69, 9.17) is 0 Å². The Morgan fingerprint density at radius 3 is 2.40 bits per heavy atom. The molecule has 0 aliphatic heterocycles. The maximum absolute atomic E-state index is 12.0. The lowest BCUT2D eigenvalue weighted by molar-refractivity contribution is 0.223. The maximum atomic E-state index is 12.0. The maximum Gasteiger partial charge on any atom is 0.202 e. The Morgan fingerprint density at radius 2 is 1.87 bits per heavy atom. The third kappa shape index (κ3) is 1.96. The molecule has 1 aromatic rings. The number of aliphatic hydroxyl groups excluding tert-OH is 1. The summed E-state index contributed by atoms with van der Waals surface area (Å²) in [7, 11) is -3.37. The molecule has 1 aliphatic carbocycles. The SMILES string of the molecule is O=S(=O)(C1=C[C@H](O)CC1)c1ccccc1. The van der Waals surface area contributed by atoms with Gasteiger partial charge in [-0.2, -0.15) is 0 Å². The van der Waals surface area contributed by atoms with Crippen molar-refractivity contribution in [1.29, 1.82) is 0 Å². The topological polar surface area (TPSA) is 54.4 Å². The van der Waals surface area contributed by atoms with Gasteiger partial charge in [-0.15, -0.1) is 0 Å². The second kappa shape index (κ2) is 3.79. The summed E-state index contributed by atoms with van der Waals surface area (Å²) in [5.41, 5.74) is 0. The van der Waals surface area contributed by atoms with Crippen LogP contribution >= 0.6 is 0 Å². The van der Waals surface area contributed by atoms with Crippen LogP contribution in [0.4, 0.5) is 0 Å². The normalized spacial score (nSPS) is 21.4. The number of benzene rings is 1. The molecule has 80 valence electrons. The third-order valence-corrected chi connectivity index (χ3v) is 4.39. The van der Waals surface area contributed by atoms with E-state index in [1.165, 1.54) is 6.08 Å². The van der Waals surface area contributed by atoms with Gasteiger partial charge in [-0.25, -0.2) is 8.42 Å². The Kier molecular flexibility index (Phi) is 2.63. The summed E-state index contributed by atoms with van der Waals surface area (Å²) in [6.45, 7) is 0. The molecule has 0 aromatic heterocycles. The van der Waals surface area contributed by atoms with E-state index in [2.05, 4.69) is 0 Å². The lowest BCUT2D eigenvalue weighted by Gasteiger charge is -2.03. The van der Waals surface area contributed by atoms with Crippen molar-refractivity contribution in [2.75, 3.05) is 0 Å². The van der Waals surface area contributed by atoms with Gasteiger partial charge >= 0.3 is 0 Å². The average Bonchev–Trinajstić information content (AvgIpc) is 2.67. The molecule has 0 spiro atoms. The van der Waals surface area contributed by atoms with Crippen LogP contribution in [0, 0.1) is 0 Å². The van der Waals surface area contributed by atoms with Gasteiger partial charge in [0.05, 0.1) is 11.0 Å². The summed E-state index contributed by atoms with van der Waals surface area (Å²) in [6.07, 6.45) is 1.75. The second-order valence-electron chi connectivity index (χ2n) is 3.56. The minimum Gasteiger partial charge on any atom is -0.389 e. The van der Waals surface area contributed by atoms with E-state index in [-0.39, 0.29) is 0 Å². The molecule has 0 unspecified atom stereocenters. The van der Waals surface area contributed by atoms with E-state index >= 15 is 0 Å². The third-order valence-electron chi connectivity index (χ3n) is 2.46. The van der Waals surface area contributed by atoms with E-state index in [0.717, 1.165) is 0 Å². The zero-order chi connectivity index (χ0) is 10.9. The van der Waals surface area contributed by atoms with Crippen LogP contribution < -0.4 is 0 Å². The molecule has 2 rings (SSSR count). The summed E-state index contributed by atoms with van der Waals surface area (Å²) < 4.78 is 24.0. The van der Waals surface area contributed by atoms with Crippen LogP contribution in [0.25, 0.3) is 0 Å². The smallest absolute Gasteiger partial charge is 0.202 e. The van der Waals surface area contributed by atoms with E-state index in [1.54, 1.807) is 30.3 Å². The number of allylic oxidation sites excluding steroid dienone is 1. The Hall–Kier alpha value is -1.13. The average molecular weight is 224 g/mol. The Morgan fingerprint density at radius 1 is 1.20 bits per heavy atom. The van der Waals surface area contributed by atoms with Gasteiger partial charge in [-0.05, 0) is 31.1 Å². The summed E-state index contributed by atoms with van der Waals surface area (Å²) in [5, 5.41) is 9.27. The molecule has 15 heavy (non-hydrogen) atoms. The zero-order valence-electron chi connectivity index (χ0n) is 8.13. The van der Waals surface area contributed by atoms with Gasteiger partial charge < -0.3 is 5.11 Å². The highest BCUT2D eigenvalue weighted by molar-refractivity contribution is 7.95. The molecular formula is C11H12O3S. The summed E-state index contributed by atoms with van der Waals surface area (Å²) in [5.74, 6) is 0. The van der Waals surface area contributed by atoms with Crippen molar-refractivity contribution >= 4 is 9.84 Å². The van der Waals surface area contributed by atoms with Crippen molar-refractivity contribution in [2.24, 2.45) is 0 Å². The molecule has 0 bridgehead atoms. The first kappa shape index (κ1) is 10.4. The quantitative estimate of drug-likeness (QED) is 0.828. The number of hydrogen-bond donors (Lipinski definition) is 1. The standard InChI is InChI=1S/C11H12O3S/c12-9-6-7-11(8-9)15(13,14)10-4-2-1-3-5-10/h1-5,8-9,12H,6-7H2/t9-/m1/s1. The monoisotopic (exact) mass is 224 g/mol. The molecule has 0 heterocycles. The Balaban J connectivity index is 2.41. The van der Waals surface area contributed by atoms with Crippen molar-refractivity contribution in [2.45, 2.75) is 23.8 Å². The van der Waals surface area contributed by atoms with E-state index in [0.29, 0.717) is 22.6 Å². The van der Waals surface area contributed by atoms with E-state index < -0.39 is 15.9 Å². The van der Waals surface area contributed by atoms with E-state index in [9.17, 15) is 13.5 Å². The van der Waals surface area contributed by atoms with Crippen LogP contribution in [-0.4, -0.2) is 19.6 Å². The van der Waals surface area contributed by atoms with Gasteiger partial charge in [-0.3, -0.25) is 0 Å². The largest absolute Gasteiger partial charge is 0.389 e. The van der Waals surface area contributed by atoms with Crippen molar-refractivity contribution in [3.05, 3.63) is 41.3 Å². The molecular weight excluding hydrogens is 212 g/mol. The first-order valence-corrected chi connectivity index (χ1v) is 6.28. The predicted octanol–water partition coefficient (Wildman–Crippen LogP) is 1.50. The van der Waals surface area contributed by atoms with Crippen LogP contribution in [0.2, 0.25) is 0 Å². The highest BCUT2D eigenvalue weighted by atomic mass is 32.2. The first-order chi connectivity index (χ1) is 7.10. The van der Waals surface area contributed by atoms with Crippen molar-refractivity contribution in [3.8, 4) is 0 Å². The highest BCUT2D eigenvalue weighted by Gasteiger charge is 2.25. The number of sulfone groups is 1. The fourth-order valence-electron chi connectivity index (χ4n) is 1.65. The van der Waals surface area contributed by atoms with Crippen LogP contribution in [0.5, 0.6) is 0 Å². The summed E-state index contributed by atoms with van der Waals surface area (Å²) in [6, 6.07) is 8.30. The van der Waals surface area contributed by atoms with Crippen LogP contribution in [0.15, 0.2) is 46.2 Å². The highest BCUT2D eigenvalue weighted by Crippen LogP contribution is 2.28. The lowest BCUT2D eigenvalue weighted by atomic mass is 10.3. The van der Waals surface area contributed by atoms with Gasteiger partial charge in [0.25, 0.3) is 0 Å². The molecule has 3 nitrogen and oxygen atoms in total. The van der Waals surface area contributed by atoms with Crippen LogP contribution in [0.1, 0.15) is 12.8 Å². The van der Waals surface area contributed by atoms with Gasteiger partial charge in [0.15, 0.2) is 0 Å². The Bertz CT molecular complexity index is 474. The van der Waals surface area contributed by atoms with Crippen LogP contribution in [0.3, 0.4) is 0 Å². The molecule has 1 aromatic carbocycles. The fraction of sp³-hybridized carbons (Fsp3) is 0.273. The van der Waals surface area contributed by atoms with Crippen LogP contribution in [-0.2, 0) is 9.84 Å². The molecule has 1 atom stereocenters. The van der Waals surface area contributed by atoms with Crippen molar-refractivity contribution in [3.63, 3.8) is 0 Å². The van der Waals surface area contributed by atoms with Crippen molar-refractivity contribution < 1.29 is 13.5 Å². The molecule has 1 aliphatic rings. The number of hydrogen-bond acceptors (Lipinski definition) is 3. The van der Waals surface area contributed by atoms with Gasteiger partial charge in [0.1, 0.15) is 0 Å².